The van der Waals surface area contributed by atoms with E-state index >= 15 is 0 Å². The number of carbonyl (C=O) groups is 1. The number of Topliss-reactive ketones (excluding diaryl/α,β-unsaturated/α-hetero) is 1. The number of carbonyl (C=O) groups excluding carboxylic acids is 1. The zero-order valence-corrected chi connectivity index (χ0v) is 12.2. The van der Waals surface area contributed by atoms with Crippen LogP contribution in [0.4, 0.5) is 0 Å². The molecule has 0 aliphatic heterocycles. The molecule has 0 aromatic heterocycles. The van der Waals surface area contributed by atoms with Crippen LogP contribution in [0.2, 0.25) is 0 Å². The van der Waals surface area contributed by atoms with E-state index in [0.717, 1.165) is 5.57 Å². The van der Waals surface area contributed by atoms with Gasteiger partial charge in [-0.3, -0.25) is 4.79 Å². The molecule has 0 spiro atoms. The van der Waals surface area contributed by atoms with Crippen molar-refractivity contribution in [2.24, 2.45) is 0 Å². The van der Waals surface area contributed by atoms with Gasteiger partial charge in [-0.05, 0) is 46.1 Å². The summed E-state index contributed by atoms with van der Waals surface area (Å²) in [4.78, 5) is 12.0. The summed E-state index contributed by atoms with van der Waals surface area (Å²) in [7, 11) is 0. The number of hydrogen-bond acceptors (Lipinski definition) is 3. The van der Waals surface area contributed by atoms with Crippen molar-refractivity contribution in [2.75, 3.05) is 0 Å². The second-order valence-electron chi connectivity index (χ2n) is 5.88. The van der Waals surface area contributed by atoms with Crippen molar-refractivity contribution in [3.05, 3.63) is 34.9 Å². The highest BCUT2D eigenvalue weighted by atomic mass is 16.3. The van der Waals surface area contributed by atoms with Crippen LogP contribution < -0.4 is 0 Å². The summed E-state index contributed by atoms with van der Waals surface area (Å²) in [5.74, 6) is 0.0956. The van der Waals surface area contributed by atoms with E-state index in [0.29, 0.717) is 30.4 Å². The summed E-state index contributed by atoms with van der Waals surface area (Å²) in [5, 5.41) is 19.8. The molecule has 0 bridgehead atoms. The first kappa shape index (κ1) is 15.9. The molecule has 0 fully saturated rings. The van der Waals surface area contributed by atoms with E-state index in [-0.39, 0.29) is 5.78 Å². The molecule has 1 rings (SSSR count). The Kier molecular flexibility index (Phi) is 5.27. The first-order valence-corrected chi connectivity index (χ1v) is 6.70. The van der Waals surface area contributed by atoms with Gasteiger partial charge in [0.05, 0.1) is 11.7 Å². The monoisotopic (exact) mass is 264 g/mol. The minimum atomic E-state index is -0.950. The summed E-state index contributed by atoms with van der Waals surface area (Å²) < 4.78 is 0. The van der Waals surface area contributed by atoms with Gasteiger partial charge in [0, 0.05) is 12.0 Å². The van der Waals surface area contributed by atoms with Gasteiger partial charge in [-0.15, -0.1) is 0 Å². The van der Waals surface area contributed by atoms with Crippen LogP contribution in [0, 0.1) is 0 Å². The maximum Gasteiger partial charge on any atom is 0.159 e. The summed E-state index contributed by atoms with van der Waals surface area (Å²) in [6.45, 7) is 7.29. The molecule has 3 nitrogen and oxygen atoms in total. The van der Waals surface area contributed by atoms with Crippen LogP contribution in [0.3, 0.4) is 0 Å². The second kappa shape index (κ2) is 6.31. The molecule has 0 radical (unpaired) electrons. The van der Waals surface area contributed by atoms with Crippen molar-refractivity contribution in [2.45, 2.75) is 58.7 Å². The van der Waals surface area contributed by atoms with Gasteiger partial charge < -0.3 is 10.2 Å². The average molecular weight is 264 g/mol. The molecule has 106 valence electrons. The lowest BCUT2D eigenvalue weighted by molar-refractivity contribution is -0.116. The number of aliphatic hydroxyl groups is 2. The smallest absolute Gasteiger partial charge is 0.159 e. The molecule has 0 aromatic rings. The molecule has 0 unspecified atom stereocenters. The summed E-state index contributed by atoms with van der Waals surface area (Å²) in [6.07, 6.45) is 6.09. The Balaban J connectivity index is 3.12. The third-order valence-electron chi connectivity index (χ3n) is 3.07. The maximum absolute atomic E-state index is 12.0. The highest BCUT2D eigenvalue weighted by Crippen LogP contribution is 2.27. The van der Waals surface area contributed by atoms with Gasteiger partial charge in [-0.25, -0.2) is 0 Å². The van der Waals surface area contributed by atoms with Gasteiger partial charge in [0.1, 0.15) is 0 Å². The SMILES string of the molecule is CC(C)=CCC1=C(C=CC(C)(C)O)[C@@H](O)CCC1=O. The van der Waals surface area contributed by atoms with E-state index in [2.05, 4.69) is 0 Å². The van der Waals surface area contributed by atoms with Gasteiger partial charge in [0.2, 0.25) is 0 Å². The second-order valence-corrected chi connectivity index (χ2v) is 5.88. The molecule has 0 aromatic carbocycles. The molecule has 0 saturated carbocycles. The predicted octanol–water partition coefficient (Wildman–Crippen LogP) is 2.69. The Bertz CT molecular complexity index is 429. The molecule has 0 saturated heterocycles. The molecule has 1 aliphatic rings. The normalized spacial score (nSPS) is 21.2. The third-order valence-corrected chi connectivity index (χ3v) is 3.07. The fraction of sp³-hybridized carbons (Fsp3) is 0.562. The quantitative estimate of drug-likeness (QED) is 0.768. The molecule has 19 heavy (non-hydrogen) atoms. The van der Waals surface area contributed by atoms with Crippen molar-refractivity contribution in [3.8, 4) is 0 Å². The van der Waals surface area contributed by atoms with E-state index in [9.17, 15) is 15.0 Å². The molecule has 2 N–H and O–H groups in total. The van der Waals surface area contributed by atoms with Gasteiger partial charge >= 0.3 is 0 Å². The summed E-state index contributed by atoms with van der Waals surface area (Å²) >= 11 is 0. The first-order valence-electron chi connectivity index (χ1n) is 6.70. The van der Waals surface area contributed by atoms with E-state index in [1.165, 1.54) is 0 Å². The number of allylic oxidation sites excluding steroid dienone is 3. The van der Waals surface area contributed by atoms with Crippen LogP contribution >= 0.6 is 0 Å². The molecule has 1 aliphatic carbocycles. The number of aliphatic hydroxyl groups excluding tert-OH is 1. The molecule has 3 heteroatoms. The fourth-order valence-corrected chi connectivity index (χ4v) is 1.98. The molecular weight excluding hydrogens is 240 g/mol. The van der Waals surface area contributed by atoms with Crippen LogP contribution in [0.5, 0.6) is 0 Å². The van der Waals surface area contributed by atoms with Gasteiger partial charge in [0.15, 0.2) is 5.78 Å². The lowest BCUT2D eigenvalue weighted by Crippen LogP contribution is -2.23. The van der Waals surface area contributed by atoms with Gasteiger partial charge in [-0.1, -0.05) is 23.8 Å². The van der Waals surface area contributed by atoms with Crippen molar-refractivity contribution < 1.29 is 15.0 Å². The Morgan fingerprint density at radius 1 is 1.42 bits per heavy atom. The Labute approximate surface area is 115 Å². The predicted molar refractivity (Wildman–Crippen MR) is 76.8 cm³/mol. The van der Waals surface area contributed by atoms with Gasteiger partial charge in [-0.2, -0.15) is 0 Å². The van der Waals surface area contributed by atoms with E-state index in [1.54, 1.807) is 26.0 Å². The minimum Gasteiger partial charge on any atom is -0.388 e. The van der Waals surface area contributed by atoms with Crippen LogP contribution in [-0.2, 0) is 4.79 Å². The van der Waals surface area contributed by atoms with Crippen LogP contribution in [0.1, 0.15) is 47.0 Å². The Morgan fingerprint density at radius 3 is 2.58 bits per heavy atom. The number of hydrogen-bond donors (Lipinski definition) is 2. The lowest BCUT2D eigenvalue weighted by atomic mass is 9.85. The van der Waals surface area contributed by atoms with Gasteiger partial charge in [0.25, 0.3) is 0 Å². The Morgan fingerprint density at radius 2 is 2.05 bits per heavy atom. The minimum absolute atomic E-state index is 0.0956. The average Bonchev–Trinajstić information content (AvgIpc) is 2.27. The van der Waals surface area contributed by atoms with Crippen LogP contribution in [0.15, 0.2) is 34.9 Å². The highest BCUT2D eigenvalue weighted by Gasteiger charge is 2.25. The Hall–Kier alpha value is -1.19. The zero-order valence-electron chi connectivity index (χ0n) is 12.2. The van der Waals surface area contributed by atoms with Crippen LogP contribution in [0.25, 0.3) is 0 Å². The third kappa shape index (κ3) is 5.13. The molecular formula is C16H24O3. The molecule has 1 atom stereocenters. The highest BCUT2D eigenvalue weighted by molar-refractivity contribution is 5.98. The van der Waals surface area contributed by atoms with Crippen molar-refractivity contribution >= 4 is 5.78 Å². The maximum atomic E-state index is 12.0. The molecule has 0 heterocycles. The zero-order chi connectivity index (χ0) is 14.6. The summed E-state index contributed by atoms with van der Waals surface area (Å²) in [6, 6.07) is 0. The van der Waals surface area contributed by atoms with E-state index in [1.807, 2.05) is 19.9 Å². The summed E-state index contributed by atoms with van der Waals surface area (Å²) in [5.41, 5.74) is 1.51. The van der Waals surface area contributed by atoms with Crippen molar-refractivity contribution in [1.82, 2.24) is 0 Å². The number of rotatable bonds is 4. The van der Waals surface area contributed by atoms with Crippen LogP contribution in [-0.4, -0.2) is 27.7 Å². The first-order chi connectivity index (χ1) is 8.70. The lowest BCUT2D eigenvalue weighted by Gasteiger charge is -2.22. The largest absolute Gasteiger partial charge is 0.388 e. The molecule has 0 amide bonds. The van der Waals surface area contributed by atoms with E-state index in [4.69, 9.17) is 0 Å². The topological polar surface area (TPSA) is 57.5 Å². The standard InChI is InChI=1S/C16H24O3/c1-11(2)5-6-12-13(9-10-16(3,4)19)15(18)8-7-14(12)17/h5,9-10,15,18-19H,6-8H2,1-4H3/t15-/m0/s1. The van der Waals surface area contributed by atoms with Crippen molar-refractivity contribution in [3.63, 3.8) is 0 Å². The van der Waals surface area contributed by atoms with E-state index < -0.39 is 11.7 Å². The number of ketones is 1. The fourth-order valence-electron chi connectivity index (χ4n) is 1.98. The van der Waals surface area contributed by atoms with Crippen molar-refractivity contribution in [1.29, 1.82) is 0 Å².